The summed E-state index contributed by atoms with van der Waals surface area (Å²) in [5, 5.41) is 11.6. The van der Waals surface area contributed by atoms with Crippen molar-refractivity contribution in [2.45, 2.75) is 53.9 Å². The van der Waals surface area contributed by atoms with E-state index in [0.717, 1.165) is 44.2 Å². The second-order valence-electron chi connectivity index (χ2n) is 11.5. The van der Waals surface area contributed by atoms with Crippen LogP contribution < -0.4 is 11.1 Å². The van der Waals surface area contributed by atoms with Gasteiger partial charge in [0, 0.05) is 39.0 Å². The van der Waals surface area contributed by atoms with E-state index in [-0.39, 0.29) is 24.5 Å². The number of aryl methyl sites for hydroxylation is 4. The zero-order chi connectivity index (χ0) is 32.8. The summed E-state index contributed by atoms with van der Waals surface area (Å²) in [7, 11) is 0. The van der Waals surface area contributed by atoms with Gasteiger partial charge in [0.2, 0.25) is 0 Å². The summed E-state index contributed by atoms with van der Waals surface area (Å²) in [6, 6.07) is 18.5. The van der Waals surface area contributed by atoms with E-state index in [2.05, 4.69) is 25.3 Å². The lowest BCUT2D eigenvalue weighted by Crippen LogP contribution is -2.29. The fourth-order valence-electron chi connectivity index (χ4n) is 4.58. The number of halogens is 2. The van der Waals surface area contributed by atoms with E-state index in [1.54, 1.807) is 48.0 Å². The lowest BCUT2D eigenvalue weighted by Gasteiger charge is -2.17. The average Bonchev–Trinajstić information content (AvgIpc) is 3.83. The molecule has 0 fully saturated rings. The highest BCUT2D eigenvalue weighted by Crippen LogP contribution is 2.26. The molecule has 0 spiro atoms. The Bertz CT molecular complexity index is 2060. The summed E-state index contributed by atoms with van der Waals surface area (Å²) in [4.78, 5) is 44.3. The van der Waals surface area contributed by atoms with Crippen molar-refractivity contribution in [3.63, 3.8) is 0 Å². The molecular formula is C34H36Cl2N6O3S2. The molecule has 6 aromatic rings. The van der Waals surface area contributed by atoms with E-state index >= 15 is 0 Å². The molecule has 0 unspecified atom stereocenters. The normalized spacial score (nSPS) is 11.1. The Morgan fingerprint density at radius 2 is 1.34 bits per heavy atom. The van der Waals surface area contributed by atoms with Crippen LogP contribution >= 0.6 is 45.9 Å². The van der Waals surface area contributed by atoms with Crippen LogP contribution in [0.5, 0.6) is 0 Å². The first-order valence-electron chi connectivity index (χ1n) is 14.5. The molecule has 0 saturated heterocycles. The van der Waals surface area contributed by atoms with Gasteiger partial charge in [0.15, 0.2) is 0 Å². The molecule has 47 heavy (non-hydrogen) atoms. The Kier molecular flexibility index (Phi) is 12.0. The van der Waals surface area contributed by atoms with Gasteiger partial charge in [0.25, 0.3) is 17.0 Å². The number of hydrogen-bond donors (Lipinski definition) is 3. The van der Waals surface area contributed by atoms with E-state index in [0.29, 0.717) is 28.9 Å². The highest BCUT2D eigenvalue weighted by molar-refractivity contribution is 7.16. The van der Waals surface area contributed by atoms with Gasteiger partial charge in [-0.1, -0.05) is 51.4 Å². The number of aromatic nitrogens is 6. The van der Waals surface area contributed by atoms with Crippen LogP contribution in [0.3, 0.4) is 0 Å². The van der Waals surface area contributed by atoms with Crippen LogP contribution in [-0.2, 0) is 25.7 Å². The van der Waals surface area contributed by atoms with E-state index in [1.807, 2.05) is 57.2 Å². The van der Waals surface area contributed by atoms with Gasteiger partial charge >= 0.3 is 0 Å². The van der Waals surface area contributed by atoms with Gasteiger partial charge in [0.05, 0.1) is 31.2 Å². The van der Waals surface area contributed by atoms with Crippen LogP contribution in [0.4, 0.5) is 0 Å². The van der Waals surface area contributed by atoms with E-state index in [9.17, 15) is 14.4 Å². The van der Waals surface area contributed by atoms with Crippen molar-refractivity contribution in [2.24, 2.45) is 5.41 Å². The molecule has 6 heterocycles. The van der Waals surface area contributed by atoms with Gasteiger partial charge in [-0.2, -0.15) is 10.2 Å². The zero-order valence-corrected chi connectivity index (χ0v) is 28.5. The lowest BCUT2D eigenvalue weighted by molar-refractivity contribution is 0.0745. The highest BCUT2D eigenvalue weighted by atomic mass is 35.5. The maximum absolute atomic E-state index is 12.8. The Morgan fingerprint density at radius 1 is 0.787 bits per heavy atom. The van der Waals surface area contributed by atoms with Crippen LogP contribution in [-0.4, -0.2) is 35.9 Å². The summed E-state index contributed by atoms with van der Waals surface area (Å²) < 4.78 is 2.99. The van der Waals surface area contributed by atoms with Crippen LogP contribution in [0.25, 0.3) is 22.5 Å². The van der Waals surface area contributed by atoms with Gasteiger partial charge in [-0.3, -0.25) is 19.5 Å². The number of carbonyl (C=O) groups is 1. The second kappa shape index (κ2) is 15.7. The molecule has 0 amide bonds. The molecule has 13 heteroatoms. The fraction of sp³-hybridized carbons (Fsp3) is 0.265. The third kappa shape index (κ3) is 9.29. The summed E-state index contributed by atoms with van der Waals surface area (Å²) in [6.45, 7) is 5.57. The molecule has 0 aliphatic carbocycles. The Morgan fingerprint density at radius 3 is 1.85 bits per heavy atom. The number of nitrogens with one attached hydrogen (secondary N) is 3. The minimum atomic E-state index is -0.576. The predicted octanol–water partition coefficient (Wildman–Crippen LogP) is 8.33. The quantitative estimate of drug-likeness (QED) is 0.146. The van der Waals surface area contributed by atoms with Gasteiger partial charge in [-0.05, 0) is 86.3 Å². The number of rotatable bonds is 8. The monoisotopic (exact) mass is 710 g/mol. The fourth-order valence-corrected chi connectivity index (χ4v) is 6.75. The van der Waals surface area contributed by atoms with Gasteiger partial charge in [-0.25, -0.2) is 4.68 Å². The Hall–Kier alpha value is -4.03. The minimum Gasteiger partial charge on any atom is -0.329 e. The first-order valence-corrected chi connectivity index (χ1v) is 16.9. The van der Waals surface area contributed by atoms with E-state index in [4.69, 9.17) is 23.2 Å². The molecule has 3 N–H and O–H groups in total. The average molecular weight is 712 g/mol. The molecule has 0 aliphatic rings. The maximum Gasteiger partial charge on any atom is 0.257 e. The van der Waals surface area contributed by atoms with E-state index in [1.165, 1.54) is 20.9 Å². The number of hydrogen-bond acceptors (Lipinski definition) is 7. The Labute approximate surface area is 290 Å². The smallest absolute Gasteiger partial charge is 0.257 e. The van der Waals surface area contributed by atoms with Crippen molar-refractivity contribution in [3.8, 4) is 22.5 Å². The molecule has 246 valence electrons. The molecule has 6 aromatic heterocycles. The summed E-state index contributed by atoms with van der Waals surface area (Å²) in [5.41, 5.74) is 3.07. The van der Waals surface area contributed by atoms with E-state index < -0.39 is 5.41 Å². The van der Waals surface area contributed by atoms with Crippen molar-refractivity contribution in [1.82, 2.24) is 29.9 Å². The second-order valence-corrected chi connectivity index (χ2v) is 15.1. The third-order valence-electron chi connectivity index (χ3n) is 6.96. The number of carbonyl (C=O) groups excluding carboxylic acids is 1. The molecule has 0 aromatic carbocycles. The molecule has 0 aliphatic heterocycles. The van der Waals surface area contributed by atoms with Gasteiger partial charge < -0.3 is 9.97 Å². The number of nitrogens with zero attached hydrogens (tertiary/aromatic N) is 3. The molecule has 0 saturated carbocycles. The van der Waals surface area contributed by atoms with Crippen molar-refractivity contribution in [2.75, 3.05) is 0 Å². The molecular weight excluding hydrogens is 675 g/mol. The number of aromatic amines is 3. The van der Waals surface area contributed by atoms with Crippen LogP contribution in [0, 0.1) is 5.41 Å². The summed E-state index contributed by atoms with van der Waals surface area (Å²) in [6.07, 6.45) is 6.32. The summed E-state index contributed by atoms with van der Waals surface area (Å²) in [5.74, 6) is -0.102. The predicted molar refractivity (Wildman–Crippen MR) is 193 cm³/mol. The maximum atomic E-state index is 12.8. The zero-order valence-electron chi connectivity index (χ0n) is 25.4. The first kappa shape index (κ1) is 35.8. The largest absolute Gasteiger partial charge is 0.329 e. The molecule has 0 radical (unpaired) electrons. The van der Waals surface area contributed by atoms with Crippen molar-refractivity contribution in [3.05, 3.63) is 124 Å². The van der Waals surface area contributed by atoms with Crippen molar-refractivity contribution < 1.29 is 4.79 Å². The lowest BCUT2D eigenvalue weighted by atomic mass is 9.95. The van der Waals surface area contributed by atoms with Crippen molar-refractivity contribution in [1.29, 1.82) is 0 Å². The third-order valence-corrected chi connectivity index (χ3v) is 9.54. The highest BCUT2D eigenvalue weighted by Gasteiger charge is 2.27. The van der Waals surface area contributed by atoms with Gasteiger partial charge in [0.1, 0.15) is 0 Å². The summed E-state index contributed by atoms with van der Waals surface area (Å²) >= 11 is 15.0. The molecule has 6 rings (SSSR count). The SMILES string of the molecule is C.CC(C)(C)C(=O)n1nc(-c2ccc[nH]c2=O)cc1CCc1ccc(Cl)s1.O=c1[nH]cccc1-c1cc(CCc2ccc(Cl)s2)[nH]n1. The topological polar surface area (TPSA) is 129 Å². The molecule has 0 bridgehead atoms. The molecule has 9 nitrogen and oxygen atoms in total. The van der Waals surface area contributed by atoms with Crippen LogP contribution in [0.15, 0.2) is 82.6 Å². The van der Waals surface area contributed by atoms with Crippen LogP contribution in [0.2, 0.25) is 8.67 Å². The Balaban J connectivity index is 0.000000215. The van der Waals surface area contributed by atoms with Gasteiger partial charge in [-0.15, -0.1) is 22.7 Å². The first-order chi connectivity index (χ1) is 22.0. The van der Waals surface area contributed by atoms with Crippen molar-refractivity contribution >= 4 is 51.8 Å². The molecule has 0 atom stereocenters. The number of thiophene rings is 2. The number of H-pyrrole nitrogens is 3. The minimum absolute atomic E-state index is 0. The van der Waals surface area contributed by atoms with Crippen LogP contribution in [0.1, 0.15) is 54.1 Å². The standard InChI is InChI=1S/C19H20ClN3O2S.C14H12ClN3OS.CH4/c1-19(2,3)18(25)23-12(6-7-13-8-9-16(20)26-13)11-15(22-23)14-5-4-10-21-17(14)24;15-13-6-5-10(20-13)4-3-9-8-12(18-17-9)11-2-1-7-16-14(11)19;/h4-5,8-11H,6-7H2,1-3H3,(H,21,24);1-2,5-8H,3-4H2,(H,16,19)(H,17,18);1H4. The number of pyridine rings is 2.